The molecule has 0 bridgehead atoms. The van der Waals surface area contributed by atoms with Gasteiger partial charge >= 0.3 is 0 Å². The summed E-state index contributed by atoms with van der Waals surface area (Å²) in [4.78, 5) is 21.3. The van der Waals surface area contributed by atoms with Gasteiger partial charge in [0, 0.05) is 6.20 Å². The summed E-state index contributed by atoms with van der Waals surface area (Å²) in [7, 11) is 0. The van der Waals surface area contributed by atoms with Gasteiger partial charge in [0.25, 0.3) is 5.91 Å². The van der Waals surface area contributed by atoms with Gasteiger partial charge in [0.1, 0.15) is 5.82 Å². The van der Waals surface area contributed by atoms with Crippen molar-refractivity contribution < 1.29 is 19.1 Å². The number of carbonyl (C=O) groups is 1. The Morgan fingerprint density at radius 3 is 2.81 bits per heavy atom. The van der Waals surface area contributed by atoms with E-state index in [-0.39, 0.29) is 24.5 Å². The van der Waals surface area contributed by atoms with E-state index in [0.29, 0.717) is 16.7 Å². The van der Waals surface area contributed by atoms with Crippen molar-refractivity contribution in [1.82, 2.24) is 20.7 Å². The largest absolute Gasteiger partial charge is 0.394 e. The molecule has 144 valence electrons. The first kappa shape index (κ1) is 20.3. The fraction of sp³-hybridized carbons (Fsp3) is 0.278. The first-order chi connectivity index (χ1) is 13.1. The van der Waals surface area contributed by atoms with Crippen LogP contribution >= 0.6 is 0 Å². The molecule has 3 rings (SSSR count). The maximum atomic E-state index is 14.2. The molecule has 2 aromatic heterocycles. The van der Waals surface area contributed by atoms with Gasteiger partial charge in [-0.15, -0.1) is 0 Å². The van der Waals surface area contributed by atoms with Crippen LogP contribution in [0.3, 0.4) is 0 Å². The Morgan fingerprint density at radius 2 is 2.11 bits per heavy atom. The zero-order chi connectivity index (χ0) is 19.8. The molecule has 1 amide bonds. The first-order valence-electron chi connectivity index (χ1n) is 8.48. The maximum absolute atomic E-state index is 14.2. The highest BCUT2D eigenvalue weighted by Crippen LogP contribution is 2.29. The Morgan fingerprint density at radius 1 is 1.33 bits per heavy atom. The summed E-state index contributed by atoms with van der Waals surface area (Å²) in [5.41, 5.74) is 4.13. The van der Waals surface area contributed by atoms with Gasteiger partial charge in [0.2, 0.25) is 0 Å². The topological polar surface area (TPSA) is 112 Å². The van der Waals surface area contributed by atoms with Crippen LogP contribution < -0.4 is 10.8 Å². The third-order valence-electron chi connectivity index (χ3n) is 3.47. The maximum Gasteiger partial charge on any atom is 0.278 e. The fourth-order valence-corrected chi connectivity index (χ4v) is 2.28. The number of pyridine rings is 1. The molecule has 0 aliphatic rings. The number of hydrogen-bond acceptors (Lipinski definition) is 6. The Balaban J connectivity index is 0.00000126. The Labute approximate surface area is 155 Å². The lowest BCUT2D eigenvalue weighted by Gasteiger charge is -2.13. The highest BCUT2D eigenvalue weighted by molar-refractivity contribution is 6.06. The number of nitrogens with one attached hydrogen (secondary N) is 3. The molecular formula is C18H22FN5O3. The number of aliphatic hydroxyl groups is 1. The van der Waals surface area contributed by atoms with Crippen molar-refractivity contribution in [2.45, 2.75) is 20.8 Å². The smallest absolute Gasteiger partial charge is 0.278 e. The second-order valence-corrected chi connectivity index (χ2v) is 5.29. The van der Waals surface area contributed by atoms with Crippen molar-refractivity contribution in [2.75, 3.05) is 18.5 Å². The molecule has 0 aliphatic carbocycles. The Bertz CT molecular complexity index is 913. The summed E-state index contributed by atoms with van der Waals surface area (Å²) in [6, 6.07) is 4.73. The molecule has 0 fully saturated rings. The predicted molar refractivity (Wildman–Crippen MR) is 100 cm³/mol. The van der Waals surface area contributed by atoms with Crippen LogP contribution in [-0.4, -0.2) is 39.4 Å². The number of hydroxylamine groups is 1. The molecule has 0 atom stereocenters. The molecule has 0 aliphatic heterocycles. The van der Waals surface area contributed by atoms with Crippen LogP contribution in [0.4, 0.5) is 15.8 Å². The number of amides is 1. The number of anilines is 2. The van der Waals surface area contributed by atoms with Gasteiger partial charge in [-0.25, -0.2) is 14.9 Å². The van der Waals surface area contributed by atoms with Crippen LogP contribution in [0.15, 0.2) is 30.6 Å². The normalized spacial score (nSPS) is 10.3. The molecule has 0 spiro atoms. The van der Waals surface area contributed by atoms with Crippen molar-refractivity contribution >= 4 is 28.3 Å². The number of nitrogens with zero attached hydrogens (tertiary/aromatic N) is 2. The third kappa shape index (κ3) is 4.78. The van der Waals surface area contributed by atoms with Gasteiger partial charge < -0.3 is 10.4 Å². The van der Waals surface area contributed by atoms with E-state index in [4.69, 9.17) is 9.94 Å². The number of aromatic nitrogens is 3. The molecule has 4 N–H and O–H groups in total. The number of rotatable bonds is 6. The van der Waals surface area contributed by atoms with E-state index in [0.717, 1.165) is 5.56 Å². The minimum absolute atomic E-state index is 0.0531. The molecule has 2 heterocycles. The number of aromatic amines is 1. The summed E-state index contributed by atoms with van der Waals surface area (Å²) >= 11 is 0. The molecule has 0 saturated heterocycles. The van der Waals surface area contributed by atoms with E-state index in [9.17, 15) is 9.18 Å². The van der Waals surface area contributed by atoms with Crippen LogP contribution in [0.2, 0.25) is 0 Å². The average Bonchev–Trinajstić information content (AvgIpc) is 3.15. The molecule has 8 nitrogen and oxygen atoms in total. The van der Waals surface area contributed by atoms with Gasteiger partial charge in [-0.05, 0) is 24.6 Å². The van der Waals surface area contributed by atoms with Crippen LogP contribution in [0.1, 0.15) is 29.8 Å². The lowest BCUT2D eigenvalue weighted by Crippen LogP contribution is -2.26. The number of aliphatic hydroxyl groups excluding tert-OH is 1. The minimum atomic E-state index is -0.584. The van der Waals surface area contributed by atoms with E-state index in [1.165, 1.54) is 18.5 Å². The van der Waals surface area contributed by atoms with Crippen molar-refractivity contribution in [3.8, 4) is 0 Å². The number of benzene rings is 1. The molecule has 0 unspecified atom stereocenters. The molecule has 3 aromatic rings. The zero-order valence-corrected chi connectivity index (χ0v) is 15.3. The van der Waals surface area contributed by atoms with Crippen LogP contribution in [-0.2, 0) is 4.84 Å². The number of hydrogen-bond donors (Lipinski definition) is 4. The molecule has 1 aromatic carbocycles. The molecule has 0 radical (unpaired) electrons. The molecule has 0 saturated carbocycles. The van der Waals surface area contributed by atoms with Crippen molar-refractivity contribution in [1.29, 1.82) is 0 Å². The zero-order valence-electron chi connectivity index (χ0n) is 15.3. The number of fused-ring (bicyclic) bond motifs is 1. The highest BCUT2D eigenvalue weighted by atomic mass is 19.1. The van der Waals surface area contributed by atoms with Crippen molar-refractivity contribution in [2.24, 2.45) is 0 Å². The summed E-state index contributed by atoms with van der Waals surface area (Å²) in [6.07, 6.45) is 2.81. The summed E-state index contributed by atoms with van der Waals surface area (Å²) in [5.74, 6) is -1.03. The number of halogens is 1. The summed E-state index contributed by atoms with van der Waals surface area (Å²) in [6.45, 7) is 5.49. The number of carbonyl (C=O) groups excluding carboxylic acids is 1. The second-order valence-electron chi connectivity index (χ2n) is 5.29. The molecule has 27 heavy (non-hydrogen) atoms. The van der Waals surface area contributed by atoms with E-state index in [1.807, 2.05) is 13.8 Å². The predicted octanol–water partition coefficient (Wildman–Crippen LogP) is 2.83. The average molecular weight is 375 g/mol. The molecule has 9 heteroatoms. The fourth-order valence-electron chi connectivity index (χ4n) is 2.28. The summed E-state index contributed by atoms with van der Waals surface area (Å²) < 4.78 is 14.2. The van der Waals surface area contributed by atoms with Gasteiger partial charge in [-0.2, -0.15) is 5.10 Å². The number of H-pyrrole nitrogens is 1. The van der Waals surface area contributed by atoms with Gasteiger partial charge in [0.15, 0.2) is 5.65 Å². The monoisotopic (exact) mass is 375 g/mol. The number of aryl methyl sites for hydroxylation is 1. The first-order valence-corrected chi connectivity index (χ1v) is 8.48. The van der Waals surface area contributed by atoms with Crippen LogP contribution in [0, 0.1) is 12.7 Å². The van der Waals surface area contributed by atoms with E-state index < -0.39 is 11.7 Å². The third-order valence-corrected chi connectivity index (χ3v) is 3.47. The quantitative estimate of drug-likeness (QED) is 0.389. The van der Waals surface area contributed by atoms with Crippen molar-refractivity contribution in [3.63, 3.8) is 0 Å². The van der Waals surface area contributed by atoms with Gasteiger partial charge in [0.05, 0.1) is 41.7 Å². The summed E-state index contributed by atoms with van der Waals surface area (Å²) in [5, 5.41) is 18.8. The highest BCUT2D eigenvalue weighted by Gasteiger charge is 2.18. The van der Waals surface area contributed by atoms with Crippen LogP contribution in [0.5, 0.6) is 0 Å². The van der Waals surface area contributed by atoms with E-state index in [2.05, 4.69) is 26.0 Å². The van der Waals surface area contributed by atoms with Gasteiger partial charge in [-0.3, -0.25) is 14.7 Å². The Hall–Kier alpha value is -3.04. The van der Waals surface area contributed by atoms with Crippen molar-refractivity contribution in [3.05, 3.63) is 47.5 Å². The van der Waals surface area contributed by atoms with Gasteiger partial charge in [-0.1, -0.05) is 19.9 Å². The minimum Gasteiger partial charge on any atom is -0.394 e. The van der Waals surface area contributed by atoms with E-state index in [1.54, 1.807) is 19.1 Å². The van der Waals surface area contributed by atoms with E-state index >= 15 is 0 Å². The lowest BCUT2D eigenvalue weighted by atomic mass is 10.1. The van der Waals surface area contributed by atoms with Crippen LogP contribution in [0.25, 0.3) is 11.0 Å². The molecular weight excluding hydrogens is 353 g/mol. The SMILES string of the molecule is CC.Cc1ccc(Nc2c(C(=O)NOCCO)cnc3[nH]ncc23)c(F)c1. The lowest BCUT2D eigenvalue weighted by molar-refractivity contribution is 0.0169. The second kappa shape index (κ2) is 9.60. The Kier molecular flexibility index (Phi) is 7.21. The standard InChI is InChI=1S/C16H16FN5O3.C2H6/c1-9-2-3-13(12(17)6-9)20-14-10-8-19-21-15(10)18-7-11(14)16(24)22-25-5-4-23;1-2/h2-3,6-8,23H,4-5H2,1H3,(H,22,24)(H2,18,19,20,21);1-2H3.